The van der Waals surface area contributed by atoms with Crippen molar-refractivity contribution in [3.05, 3.63) is 29.8 Å². The van der Waals surface area contributed by atoms with Gasteiger partial charge in [0.2, 0.25) is 0 Å². The average molecular weight is 392 g/mol. The smallest absolute Gasteiger partial charge is 0.323 e. The lowest BCUT2D eigenvalue weighted by molar-refractivity contribution is -0.291. The van der Waals surface area contributed by atoms with Crippen molar-refractivity contribution in [3.63, 3.8) is 0 Å². The zero-order valence-corrected chi connectivity index (χ0v) is 17.5. The molecule has 0 radical (unpaired) electrons. The van der Waals surface area contributed by atoms with Crippen molar-refractivity contribution in [2.75, 3.05) is 33.5 Å². The van der Waals surface area contributed by atoms with E-state index in [2.05, 4.69) is 25.7 Å². The van der Waals surface area contributed by atoms with E-state index in [0.717, 1.165) is 30.8 Å². The van der Waals surface area contributed by atoms with Crippen LogP contribution in [0.3, 0.4) is 0 Å². The first kappa shape index (κ1) is 21.1. The largest absolute Gasteiger partial charge is 0.494 e. The maximum Gasteiger partial charge on any atom is 0.323 e. The molecule has 156 valence electrons. The molecule has 28 heavy (non-hydrogen) atoms. The second-order valence-electron chi connectivity index (χ2n) is 8.65. The molecular formula is C22H33NO5. The van der Waals surface area contributed by atoms with Crippen LogP contribution in [0.5, 0.6) is 5.75 Å². The fraction of sp³-hybridized carbons (Fsp3) is 0.682. The Labute approximate surface area is 168 Å². The van der Waals surface area contributed by atoms with Crippen LogP contribution in [0.4, 0.5) is 0 Å². The second kappa shape index (κ2) is 8.80. The van der Waals surface area contributed by atoms with E-state index in [1.165, 1.54) is 7.11 Å². The number of hydrogen-bond acceptors (Lipinski definition) is 6. The fourth-order valence-electron chi connectivity index (χ4n) is 3.65. The number of benzene rings is 1. The summed E-state index contributed by atoms with van der Waals surface area (Å²) in [6, 6.07) is 7.70. The molecule has 0 amide bonds. The monoisotopic (exact) mass is 391 g/mol. The molecule has 2 heterocycles. The summed E-state index contributed by atoms with van der Waals surface area (Å²) in [5, 5.41) is 0. The van der Waals surface area contributed by atoms with E-state index in [9.17, 15) is 4.79 Å². The molecule has 1 atom stereocenters. The van der Waals surface area contributed by atoms with Crippen LogP contribution in [0.15, 0.2) is 24.3 Å². The third-order valence-electron chi connectivity index (χ3n) is 5.39. The standard InChI is InChI=1S/C22H33NO5/c1-5-6-11-26-18-9-7-17(8-10-18)13-23-14-22(12-19(23)20(24)25-4)27-15-21(2,3)16-28-22/h7-10,19H,5-6,11-16H2,1-4H3/t19-/m1/s1. The summed E-state index contributed by atoms with van der Waals surface area (Å²) >= 11 is 0. The first-order valence-electron chi connectivity index (χ1n) is 10.2. The first-order chi connectivity index (χ1) is 13.4. The van der Waals surface area contributed by atoms with E-state index in [-0.39, 0.29) is 17.4 Å². The minimum Gasteiger partial charge on any atom is -0.494 e. The van der Waals surface area contributed by atoms with Crippen LogP contribution < -0.4 is 4.74 Å². The van der Waals surface area contributed by atoms with Crippen LogP contribution in [0.1, 0.15) is 45.6 Å². The lowest BCUT2D eigenvalue weighted by Crippen LogP contribution is -2.49. The van der Waals surface area contributed by atoms with Crippen LogP contribution in [0.25, 0.3) is 0 Å². The van der Waals surface area contributed by atoms with Crippen molar-refractivity contribution in [2.45, 2.75) is 58.4 Å². The van der Waals surface area contributed by atoms with Gasteiger partial charge < -0.3 is 18.9 Å². The lowest BCUT2D eigenvalue weighted by Gasteiger charge is -2.41. The average Bonchev–Trinajstić information content (AvgIpc) is 3.04. The van der Waals surface area contributed by atoms with Crippen molar-refractivity contribution in [3.8, 4) is 5.75 Å². The highest BCUT2D eigenvalue weighted by Gasteiger charge is 2.52. The number of hydrogen-bond donors (Lipinski definition) is 0. The third kappa shape index (κ3) is 5.04. The van der Waals surface area contributed by atoms with Crippen molar-refractivity contribution in [2.24, 2.45) is 5.41 Å². The van der Waals surface area contributed by atoms with E-state index in [4.69, 9.17) is 18.9 Å². The van der Waals surface area contributed by atoms with Crippen molar-refractivity contribution >= 4 is 5.97 Å². The molecule has 6 heteroatoms. The Balaban J connectivity index is 1.66. The molecule has 0 bridgehead atoms. The first-order valence-corrected chi connectivity index (χ1v) is 10.2. The number of esters is 1. The summed E-state index contributed by atoms with van der Waals surface area (Å²) in [7, 11) is 1.43. The zero-order valence-electron chi connectivity index (χ0n) is 17.5. The summed E-state index contributed by atoms with van der Waals surface area (Å²) in [5.74, 6) is -0.0911. The third-order valence-corrected chi connectivity index (χ3v) is 5.39. The SMILES string of the molecule is CCCCOc1ccc(CN2CC3(C[C@@H]2C(=O)OC)OCC(C)(C)CO3)cc1. The van der Waals surface area contributed by atoms with E-state index >= 15 is 0 Å². The maximum atomic E-state index is 12.4. The van der Waals surface area contributed by atoms with Gasteiger partial charge in [0, 0.05) is 18.4 Å². The van der Waals surface area contributed by atoms with Gasteiger partial charge in [-0.05, 0) is 24.1 Å². The van der Waals surface area contributed by atoms with Gasteiger partial charge in [-0.15, -0.1) is 0 Å². The number of ether oxygens (including phenoxy) is 4. The highest BCUT2D eigenvalue weighted by Crippen LogP contribution is 2.39. The molecule has 2 fully saturated rings. The molecule has 0 N–H and O–H groups in total. The number of unbranched alkanes of at least 4 members (excludes halogenated alkanes) is 1. The molecule has 2 aliphatic rings. The molecular weight excluding hydrogens is 358 g/mol. The number of nitrogens with zero attached hydrogens (tertiary/aromatic N) is 1. The van der Waals surface area contributed by atoms with Gasteiger partial charge >= 0.3 is 5.97 Å². The van der Waals surface area contributed by atoms with Gasteiger partial charge in [0.05, 0.1) is 33.5 Å². The molecule has 2 aliphatic heterocycles. The summed E-state index contributed by atoms with van der Waals surface area (Å²) in [5.41, 5.74) is 1.11. The number of carbonyl (C=O) groups is 1. The van der Waals surface area contributed by atoms with Crippen molar-refractivity contribution in [1.82, 2.24) is 4.90 Å². The van der Waals surface area contributed by atoms with Crippen molar-refractivity contribution in [1.29, 1.82) is 0 Å². The Morgan fingerprint density at radius 1 is 1.21 bits per heavy atom. The van der Waals surface area contributed by atoms with Gasteiger partial charge in [-0.1, -0.05) is 39.3 Å². The van der Waals surface area contributed by atoms with Gasteiger partial charge in [-0.2, -0.15) is 0 Å². The van der Waals surface area contributed by atoms with E-state index < -0.39 is 5.79 Å². The molecule has 6 nitrogen and oxygen atoms in total. The summed E-state index contributed by atoms with van der Waals surface area (Å²) in [4.78, 5) is 14.5. The number of likely N-dealkylation sites (tertiary alicyclic amines) is 1. The number of methoxy groups -OCH3 is 1. The van der Waals surface area contributed by atoms with Crippen LogP contribution >= 0.6 is 0 Å². The van der Waals surface area contributed by atoms with E-state index in [1.807, 2.05) is 24.3 Å². The Kier molecular flexibility index (Phi) is 6.63. The van der Waals surface area contributed by atoms with Crippen LogP contribution in [-0.2, 0) is 25.5 Å². The highest BCUT2D eigenvalue weighted by molar-refractivity contribution is 5.76. The van der Waals surface area contributed by atoms with Crippen LogP contribution in [0.2, 0.25) is 0 Å². The molecule has 2 saturated heterocycles. The van der Waals surface area contributed by atoms with Gasteiger partial charge in [0.25, 0.3) is 0 Å². The summed E-state index contributed by atoms with van der Waals surface area (Å²) in [6.45, 7) is 9.55. The minimum absolute atomic E-state index is 0.00691. The summed E-state index contributed by atoms with van der Waals surface area (Å²) < 4.78 is 23.0. The normalized spacial score (nSPS) is 23.6. The quantitative estimate of drug-likeness (QED) is 0.525. The predicted octanol–water partition coefficient (Wildman–Crippen LogP) is 3.38. The fourth-order valence-corrected chi connectivity index (χ4v) is 3.65. The van der Waals surface area contributed by atoms with Crippen LogP contribution in [-0.4, -0.2) is 56.2 Å². The Hall–Kier alpha value is -1.63. The van der Waals surface area contributed by atoms with E-state index in [0.29, 0.717) is 32.7 Å². The lowest BCUT2D eigenvalue weighted by atomic mass is 9.94. The predicted molar refractivity (Wildman–Crippen MR) is 106 cm³/mol. The van der Waals surface area contributed by atoms with Gasteiger partial charge in [-0.3, -0.25) is 9.69 Å². The Morgan fingerprint density at radius 3 is 2.50 bits per heavy atom. The van der Waals surface area contributed by atoms with Crippen molar-refractivity contribution < 1.29 is 23.7 Å². The minimum atomic E-state index is -0.725. The molecule has 1 aromatic carbocycles. The molecule has 0 saturated carbocycles. The topological polar surface area (TPSA) is 57.2 Å². The van der Waals surface area contributed by atoms with Gasteiger partial charge in [0.1, 0.15) is 11.8 Å². The number of carbonyl (C=O) groups excluding carboxylic acids is 1. The van der Waals surface area contributed by atoms with Gasteiger partial charge in [0.15, 0.2) is 5.79 Å². The highest BCUT2D eigenvalue weighted by atomic mass is 16.7. The molecule has 1 spiro atoms. The zero-order chi connectivity index (χ0) is 20.2. The Morgan fingerprint density at radius 2 is 1.89 bits per heavy atom. The molecule has 1 aromatic rings. The molecule has 0 aromatic heterocycles. The summed E-state index contributed by atoms with van der Waals surface area (Å²) in [6.07, 6.45) is 2.66. The van der Waals surface area contributed by atoms with Gasteiger partial charge in [-0.25, -0.2) is 0 Å². The van der Waals surface area contributed by atoms with E-state index in [1.54, 1.807) is 0 Å². The number of rotatable bonds is 7. The maximum absolute atomic E-state index is 12.4. The van der Waals surface area contributed by atoms with Crippen LogP contribution in [0, 0.1) is 5.41 Å². The Bertz CT molecular complexity index is 647. The molecule has 0 unspecified atom stereocenters. The second-order valence-corrected chi connectivity index (χ2v) is 8.65. The molecule has 3 rings (SSSR count). The molecule has 0 aliphatic carbocycles.